The number of esters is 1. The van der Waals surface area contributed by atoms with Crippen molar-refractivity contribution in [1.82, 2.24) is 4.90 Å². The molecule has 0 atom stereocenters. The Morgan fingerprint density at radius 2 is 2.00 bits per heavy atom. The molecule has 1 aliphatic rings. The van der Waals surface area contributed by atoms with E-state index in [1.807, 2.05) is 29.5 Å². The summed E-state index contributed by atoms with van der Waals surface area (Å²) in [5, 5.41) is 12.1. The maximum absolute atomic E-state index is 12.8. The first-order valence-corrected chi connectivity index (χ1v) is 12.5. The van der Waals surface area contributed by atoms with Crippen molar-refractivity contribution >= 4 is 80.7 Å². The second-order valence-electron chi connectivity index (χ2n) is 7.20. The fraction of sp³-hybridized carbons (Fsp3) is 0.217. The topological polar surface area (TPSA) is 122 Å². The number of anilines is 1. The molecule has 1 heterocycles. The van der Waals surface area contributed by atoms with E-state index in [1.165, 1.54) is 37.5 Å². The third-order valence-electron chi connectivity index (χ3n) is 4.65. The van der Waals surface area contributed by atoms with Crippen molar-refractivity contribution in [2.24, 2.45) is 0 Å². The van der Waals surface area contributed by atoms with Crippen molar-refractivity contribution in [2.75, 3.05) is 25.6 Å². The summed E-state index contributed by atoms with van der Waals surface area (Å²) in [7, 11) is 1.40. The number of nitrogens with one attached hydrogen (secondary N) is 1. The summed E-state index contributed by atoms with van der Waals surface area (Å²) in [6.45, 7) is 1.57. The van der Waals surface area contributed by atoms with Crippen LogP contribution in [0.15, 0.2) is 35.2 Å². The second-order valence-corrected chi connectivity index (χ2v) is 9.76. The molecule has 0 bridgehead atoms. The molecular formula is C23H20ClIN2O7S. The van der Waals surface area contributed by atoms with Crippen molar-refractivity contribution < 1.29 is 33.8 Å². The number of halogens is 2. The van der Waals surface area contributed by atoms with Gasteiger partial charge in [0.05, 0.1) is 32.8 Å². The lowest BCUT2D eigenvalue weighted by molar-refractivity contribution is -0.127. The summed E-state index contributed by atoms with van der Waals surface area (Å²) in [5.74, 6) is -1.69. The Morgan fingerprint density at radius 3 is 2.69 bits per heavy atom. The van der Waals surface area contributed by atoms with Gasteiger partial charge in [-0.25, -0.2) is 4.79 Å². The normalized spacial score (nSPS) is 14.4. The minimum Gasteiger partial charge on any atom is -0.504 e. The third-order valence-corrected chi connectivity index (χ3v) is 6.71. The zero-order chi connectivity index (χ0) is 25.7. The number of amides is 3. The van der Waals surface area contributed by atoms with Crippen LogP contribution in [0.1, 0.15) is 29.3 Å². The molecule has 0 saturated carbocycles. The van der Waals surface area contributed by atoms with E-state index < -0.39 is 29.6 Å². The molecule has 3 amide bonds. The van der Waals surface area contributed by atoms with Crippen LogP contribution in [0, 0.1) is 3.57 Å². The number of methoxy groups -OCH3 is 1. The van der Waals surface area contributed by atoms with Crippen molar-refractivity contribution in [2.45, 2.75) is 13.3 Å². The summed E-state index contributed by atoms with van der Waals surface area (Å²) >= 11 is 8.68. The molecule has 0 spiro atoms. The van der Waals surface area contributed by atoms with Gasteiger partial charge in [-0.2, -0.15) is 0 Å². The van der Waals surface area contributed by atoms with Crippen LogP contribution in [0.4, 0.5) is 10.5 Å². The molecule has 0 unspecified atom stereocenters. The summed E-state index contributed by atoms with van der Waals surface area (Å²) in [4.78, 5) is 50.8. The van der Waals surface area contributed by atoms with Crippen LogP contribution in [0.3, 0.4) is 0 Å². The molecule has 0 aliphatic carbocycles. The lowest BCUT2D eigenvalue weighted by Gasteiger charge is -2.13. The highest BCUT2D eigenvalue weighted by Gasteiger charge is 2.36. The quantitative estimate of drug-likeness (QED) is 0.240. The summed E-state index contributed by atoms with van der Waals surface area (Å²) in [6, 6.07) is 7.45. The average Bonchev–Trinajstić information content (AvgIpc) is 3.08. The Morgan fingerprint density at radius 1 is 1.26 bits per heavy atom. The molecule has 3 rings (SSSR count). The number of carbonyl (C=O) groups excluding carboxylic acids is 4. The predicted molar refractivity (Wildman–Crippen MR) is 141 cm³/mol. The van der Waals surface area contributed by atoms with Crippen LogP contribution in [-0.4, -0.2) is 53.3 Å². The Balaban J connectivity index is 1.71. The van der Waals surface area contributed by atoms with Gasteiger partial charge in [0.1, 0.15) is 6.54 Å². The van der Waals surface area contributed by atoms with Gasteiger partial charge >= 0.3 is 5.97 Å². The van der Waals surface area contributed by atoms with Crippen LogP contribution in [0.25, 0.3) is 6.08 Å². The smallest absolute Gasteiger partial charge is 0.339 e. The van der Waals surface area contributed by atoms with Gasteiger partial charge in [-0.05, 0) is 82.7 Å². The number of carbonyl (C=O) groups is 4. The molecule has 1 fully saturated rings. The molecule has 184 valence electrons. The minimum atomic E-state index is -0.635. The maximum atomic E-state index is 12.8. The molecule has 9 nitrogen and oxygen atoms in total. The highest BCUT2D eigenvalue weighted by molar-refractivity contribution is 14.1. The third kappa shape index (κ3) is 6.47. The maximum Gasteiger partial charge on any atom is 0.339 e. The largest absolute Gasteiger partial charge is 0.504 e. The summed E-state index contributed by atoms with van der Waals surface area (Å²) in [5.41, 5.74) is 0.893. The number of hydrogen-bond acceptors (Lipinski definition) is 8. The van der Waals surface area contributed by atoms with Crippen molar-refractivity contribution in [3.8, 4) is 11.5 Å². The first-order valence-electron chi connectivity index (χ1n) is 10.2. The van der Waals surface area contributed by atoms with Gasteiger partial charge < -0.3 is 19.9 Å². The van der Waals surface area contributed by atoms with Gasteiger partial charge in [0.25, 0.3) is 11.1 Å². The van der Waals surface area contributed by atoms with Gasteiger partial charge in [-0.1, -0.05) is 18.5 Å². The Hall–Kier alpha value is -2.77. The Labute approximate surface area is 223 Å². The van der Waals surface area contributed by atoms with Gasteiger partial charge in [0, 0.05) is 5.69 Å². The van der Waals surface area contributed by atoms with Crippen molar-refractivity contribution in [1.29, 1.82) is 0 Å². The van der Waals surface area contributed by atoms with Crippen molar-refractivity contribution in [3.63, 3.8) is 0 Å². The molecule has 1 saturated heterocycles. The first kappa shape index (κ1) is 26.8. The Bertz CT molecular complexity index is 1230. The number of ether oxygens (including phenoxy) is 2. The van der Waals surface area contributed by atoms with E-state index in [0.29, 0.717) is 27.3 Å². The van der Waals surface area contributed by atoms with Gasteiger partial charge in [0.15, 0.2) is 11.5 Å². The molecule has 35 heavy (non-hydrogen) atoms. The SMILES string of the molecule is CCCOC(=O)c1cc(NC(=O)CN2C(=O)S/C(=C/c3cc(I)c(O)c(OC)c3)C2=O)ccc1Cl. The van der Waals surface area contributed by atoms with Gasteiger partial charge in [-0.3, -0.25) is 19.3 Å². The molecular weight excluding hydrogens is 611 g/mol. The van der Waals surface area contributed by atoms with E-state index in [0.717, 1.165) is 4.90 Å². The fourth-order valence-electron chi connectivity index (χ4n) is 3.00. The number of thioether (sulfide) groups is 1. The Kier molecular flexibility index (Phi) is 9.03. The van der Waals surface area contributed by atoms with Crippen LogP contribution < -0.4 is 10.1 Å². The summed E-state index contributed by atoms with van der Waals surface area (Å²) in [6.07, 6.45) is 2.13. The van der Waals surface area contributed by atoms with Gasteiger partial charge in [0.2, 0.25) is 5.91 Å². The average molecular weight is 631 g/mol. The molecule has 2 aromatic carbocycles. The van der Waals surface area contributed by atoms with E-state index in [-0.39, 0.29) is 39.3 Å². The molecule has 0 radical (unpaired) electrons. The number of phenolic OH excluding ortho intramolecular Hbond substituents is 1. The number of nitrogens with zero attached hydrogens (tertiary/aromatic N) is 1. The summed E-state index contributed by atoms with van der Waals surface area (Å²) < 4.78 is 10.7. The second kappa shape index (κ2) is 11.8. The zero-order valence-electron chi connectivity index (χ0n) is 18.6. The molecule has 1 aliphatic heterocycles. The predicted octanol–water partition coefficient (Wildman–Crippen LogP) is 4.90. The lowest BCUT2D eigenvalue weighted by Crippen LogP contribution is -2.36. The number of benzene rings is 2. The highest BCUT2D eigenvalue weighted by atomic mass is 127. The van der Waals surface area contributed by atoms with E-state index in [9.17, 15) is 24.3 Å². The van der Waals surface area contributed by atoms with E-state index >= 15 is 0 Å². The van der Waals surface area contributed by atoms with Crippen LogP contribution in [0.2, 0.25) is 5.02 Å². The number of rotatable bonds is 8. The number of hydrogen-bond donors (Lipinski definition) is 2. The van der Waals surface area contributed by atoms with Crippen LogP contribution in [0.5, 0.6) is 11.5 Å². The monoisotopic (exact) mass is 630 g/mol. The van der Waals surface area contributed by atoms with Gasteiger partial charge in [-0.15, -0.1) is 0 Å². The molecule has 0 aromatic heterocycles. The molecule has 2 aromatic rings. The van der Waals surface area contributed by atoms with Crippen LogP contribution >= 0.6 is 46.0 Å². The zero-order valence-corrected chi connectivity index (χ0v) is 22.3. The molecule has 2 N–H and O–H groups in total. The minimum absolute atomic E-state index is 0.0287. The highest BCUT2D eigenvalue weighted by Crippen LogP contribution is 2.36. The number of aromatic hydroxyl groups is 1. The lowest BCUT2D eigenvalue weighted by atomic mass is 10.2. The fourth-order valence-corrected chi connectivity index (χ4v) is 4.65. The van der Waals surface area contributed by atoms with E-state index in [1.54, 1.807) is 6.07 Å². The van der Waals surface area contributed by atoms with Crippen molar-refractivity contribution in [3.05, 3.63) is 55.0 Å². The number of phenols is 1. The standard InChI is InChI=1S/C23H20ClIN2O7S/c1-3-6-34-22(31)14-10-13(4-5-15(14)24)26-19(28)11-27-21(30)18(35-23(27)32)9-12-7-16(25)20(29)17(8-12)33-2/h4-5,7-10,29H,3,6,11H2,1-2H3,(H,26,28)/b18-9+. The molecule has 12 heteroatoms. The van der Waals surface area contributed by atoms with E-state index in [4.69, 9.17) is 21.1 Å². The van der Waals surface area contributed by atoms with Crippen LogP contribution in [-0.2, 0) is 14.3 Å². The first-order chi connectivity index (χ1) is 16.6. The number of imide groups is 1. The van der Waals surface area contributed by atoms with E-state index in [2.05, 4.69) is 5.32 Å².